The summed E-state index contributed by atoms with van der Waals surface area (Å²) < 4.78 is 1.15. The molecule has 0 aromatic heterocycles. The molecule has 58 valence electrons. The summed E-state index contributed by atoms with van der Waals surface area (Å²) in [5.41, 5.74) is -0.449. The lowest BCUT2D eigenvalue weighted by atomic mass is 9.98. The third-order valence-electron chi connectivity index (χ3n) is 1.99. The molecular formula is C8H13IO. The van der Waals surface area contributed by atoms with Crippen LogP contribution in [0.2, 0.25) is 0 Å². The van der Waals surface area contributed by atoms with Gasteiger partial charge in [0.25, 0.3) is 0 Å². The summed E-state index contributed by atoms with van der Waals surface area (Å²) in [5, 5.41) is 9.88. The molecule has 0 radical (unpaired) electrons. The Kier molecular flexibility index (Phi) is 2.74. The summed E-state index contributed by atoms with van der Waals surface area (Å²) in [6.07, 6.45) is 6.10. The van der Waals surface area contributed by atoms with Crippen molar-refractivity contribution in [2.24, 2.45) is 0 Å². The van der Waals surface area contributed by atoms with Gasteiger partial charge in [0, 0.05) is 3.58 Å². The topological polar surface area (TPSA) is 20.2 Å². The molecule has 1 nitrogen and oxygen atoms in total. The molecule has 1 aliphatic rings. The molecule has 0 aromatic rings. The lowest BCUT2D eigenvalue weighted by Crippen LogP contribution is -2.24. The molecule has 0 saturated carbocycles. The molecule has 1 unspecified atom stereocenters. The van der Waals surface area contributed by atoms with Crippen LogP contribution in [0.25, 0.3) is 0 Å². The van der Waals surface area contributed by atoms with Gasteiger partial charge in [-0.3, -0.25) is 0 Å². The highest BCUT2D eigenvalue weighted by molar-refractivity contribution is 14.1. The smallest absolute Gasteiger partial charge is 0.0952 e. The first-order valence-electron chi connectivity index (χ1n) is 3.77. The first kappa shape index (κ1) is 8.53. The Morgan fingerprint density at radius 1 is 1.80 bits per heavy atom. The SMILES string of the molecule is CCCC1(O)CCC=C1I. The predicted molar refractivity (Wildman–Crippen MR) is 51.2 cm³/mol. The van der Waals surface area contributed by atoms with Crippen molar-refractivity contribution in [3.63, 3.8) is 0 Å². The van der Waals surface area contributed by atoms with E-state index in [2.05, 4.69) is 35.6 Å². The van der Waals surface area contributed by atoms with E-state index in [1.54, 1.807) is 0 Å². The molecule has 0 spiro atoms. The maximum Gasteiger partial charge on any atom is 0.0952 e. The second-order valence-corrected chi connectivity index (χ2v) is 4.03. The van der Waals surface area contributed by atoms with Crippen LogP contribution in [0, 0.1) is 0 Å². The molecule has 0 aromatic carbocycles. The van der Waals surface area contributed by atoms with Gasteiger partial charge in [0.15, 0.2) is 0 Å². The van der Waals surface area contributed by atoms with E-state index in [1.807, 2.05) is 0 Å². The summed E-state index contributed by atoms with van der Waals surface area (Å²) in [6.45, 7) is 2.11. The molecule has 0 saturated heterocycles. The van der Waals surface area contributed by atoms with Crippen LogP contribution in [0.4, 0.5) is 0 Å². The Bertz CT molecular complexity index is 153. The molecule has 0 fully saturated rings. The minimum absolute atomic E-state index is 0.449. The van der Waals surface area contributed by atoms with E-state index in [-0.39, 0.29) is 0 Å². The van der Waals surface area contributed by atoms with Gasteiger partial charge in [0.1, 0.15) is 0 Å². The van der Waals surface area contributed by atoms with Crippen molar-refractivity contribution in [2.45, 2.75) is 38.2 Å². The monoisotopic (exact) mass is 252 g/mol. The van der Waals surface area contributed by atoms with E-state index in [9.17, 15) is 5.11 Å². The van der Waals surface area contributed by atoms with Gasteiger partial charge in [-0.1, -0.05) is 19.4 Å². The normalized spacial score (nSPS) is 32.5. The molecule has 1 atom stereocenters. The summed E-state index contributed by atoms with van der Waals surface area (Å²) in [7, 11) is 0. The van der Waals surface area contributed by atoms with Gasteiger partial charge < -0.3 is 5.11 Å². The molecule has 0 bridgehead atoms. The van der Waals surface area contributed by atoms with Gasteiger partial charge in [-0.15, -0.1) is 0 Å². The first-order valence-corrected chi connectivity index (χ1v) is 4.85. The molecule has 0 heterocycles. The van der Waals surface area contributed by atoms with Crippen molar-refractivity contribution in [1.82, 2.24) is 0 Å². The first-order chi connectivity index (χ1) is 4.69. The van der Waals surface area contributed by atoms with Crippen LogP contribution in [0.3, 0.4) is 0 Å². The summed E-state index contributed by atoms with van der Waals surface area (Å²) in [6, 6.07) is 0. The summed E-state index contributed by atoms with van der Waals surface area (Å²) in [5.74, 6) is 0. The fourth-order valence-electron chi connectivity index (χ4n) is 1.41. The van der Waals surface area contributed by atoms with Crippen LogP contribution in [-0.4, -0.2) is 10.7 Å². The van der Waals surface area contributed by atoms with Gasteiger partial charge in [0.05, 0.1) is 5.60 Å². The molecule has 1 aliphatic carbocycles. The minimum atomic E-state index is -0.449. The van der Waals surface area contributed by atoms with Crippen molar-refractivity contribution >= 4 is 22.6 Å². The van der Waals surface area contributed by atoms with Gasteiger partial charge in [0.2, 0.25) is 0 Å². The number of hydrogen-bond donors (Lipinski definition) is 1. The average Bonchev–Trinajstić information content (AvgIpc) is 2.15. The summed E-state index contributed by atoms with van der Waals surface area (Å²) >= 11 is 2.25. The van der Waals surface area contributed by atoms with Crippen LogP contribution in [-0.2, 0) is 0 Å². The fourth-order valence-corrected chi connectivity index (χ4v) is 2.26. The third kappa shape index (κ3) is 1.53. The number of rotatable bonds is 2. The molecule has 0 amide bonds. The van der Waals surface area contributed by atoms with Gasteiger partial charge in [-0.05, 0) is 41.9 Å². The molecule has 2 heteroatoms. The van der Waals surface area contributed by atoms with Crippen molar-refractivity contribution in [1.29, 1.82) is 0 Å². The minimum Gasteiger partial charge on any atom is -0.385 e. The Balaban J connectivity index is 2.59. The highest BCUT2D eigenvalue weighted by atomic mass is 127. The number of aliphatic hydroxyl groups is 1. The van der Waals surface area contributed by atoms with Crippen LogP contribution in [0.15, 0.2) is 9.66 Å². The lowest BCUT2D eigenvalue weighted by Gasteiger charge is -2.22. The second kappa shape index (κ2) is 3.22. The number of hydrogen-bond acceptors (Lipinski definition) is 1. The quantitative estimate of drug-likeness (QED) is 0.749. The maximum absolute atomic E-state index is 9.88. The highest BCUT2D eigenvalue weighted by Crippen LogP contribution is 2.37. The Morgan fingerprint density at radius 2 is 2.50 bits per heavy atom. The third-order valence-corrected chi connectivity index (χ3v) is 3.43. The van der Waals surface area contributed by atoms with Crippen LogP contribution in [0.1, 0.15) is 32.6 Å². The molecular weight excluding hydrogens is 239 g/mol. The summed E-state index contributed by atoms with van der Waals surface area (Å²) in [4.78, 5) is 0. The van der Waals surface area contributed by atoms with E-state index in [1.165, 1.54) is 0 Å². The van der Waals surface area contributed by atoms with Crippen molar-refractivity contribution < 1.29 is 5.11 Å². The largest absolute Gasteiger partial charge is 0.385 e. The van der Waals surface area contributed by atoms with Gasteiger partial charge >= 0.3 is 0 Å². The zero-order valence-corrected chi connectivity index (χ0v) is 8.39. The second-order valence-electron chi connectivity index (χ2n) is 2.87. The predicted octanol–water partition coefficient (Wildman–Crippen LogP) is 2.63. The van der Waals surface area contributed by atoms with Gasteiger partial charge in [-0.2, -0.15) is 0 Å². The Hall–Kier alpha value is 0.430. The van der Waals surface area contributed by atoms with Crippen molar-refractivity contribution in [3.8, 4) is 0 Å². The van der Waals surface area contributed by atoms with E-state index in [4.69, 9.17) is 0 Å². The van der Waals surface area contributed by atoms with E-state index in [0.717, 1.165) is 29.3 Å². The van der Waals surface area contributed by atoms with E-state index in [0.29, 0.717) is 0 Å². The van der Waals surface area contributed by atoms with Crippen molar-refractivity contribution in [3.05, 3.63) is 9.66 Å². The zero-order valence-electron chi connectivity index (χ0n) is 6.23. The Morgan fingerprint density at radius 3 is 2.90 bits per heavy atom. The average molecular weight is 252 g/mol. The maximum atomic E-state index is 9.88. The van der Waals surface area contributed by atoms with Crippen molar-refractivity contribution in [2.75, 3.05) is 0 Å². The lowest BCUT2D eigenvalue weighted by molar-refractivity contribution is 0.0789. The Labute approximate surface area is 75.7 Å². The fraction of sp³-hybridized carbons (Fsp3) is 0.750. The molecule has 0 aliphatic heterocycles. The van der Waals surface area contributed by atoms with E-state index >= 15 is 0 Å². The zero-order chi connectivity index (χ0) is 7.61. The number of halogens is 1. The molecule has 10 heavy (non-hydrogen) atoms. The number of allylic oxidation sites excluding steroid dienone is 1. The van der Waals surface area contributed by atoms with Crippen LogP contribution < -0.4 is 0 Å². The highest BCUT2D eigenvalue weighted by Gasteiger charge is 2.31. The molecule has 1 rings (SSSR count). The molecule has 1 N–H and O–H groups in total. The van der Waals surface area contributed by atoms with Crippen LogP contribution in [0.5, 0.6) is 0 Å². The van der Waals surface area contributed by atoms with Crippen LogP contribution >= 0.6 is 22.6 Å². The standard InChI is InChI=1S/C8H13IO/c1-2-5-8(10)6-3-4-7(8)9/h4,10H,2-3,5-6H2,1H3. The van der Waals surface area contributed by atoms with E-state index < -0.39 is 5.60 Å². The van der Waals surface area contributed by atoms with Gasteiger partial charge in [-0.25, -0.2) is 0 Å².